The van der Waals surface area contributed by atoms with E-state index in [0.717, 1.165) is 33.8 Å². The molecule has 0 aliphatic carbocycles. The third-order valence-corrected chi connectivity index (χ3v) is 8.17. The van der Waals surface area contributed by atoms with Crippen molar-refractivity contribution >= 4 is 52.3 Å². The van der Waals surface area contributed by atoms with E-state index in [-0.39, 0.29) is 0 Å². The number of rotatable bonds is 6. The van der Waals surface area contributed by atoms with Crippen LogP contribution in [-0.2, 0) is 0 Å². The summed E-state index contributed by atoms with van der Waals surface area (Å²) in [6.07, 6.45) is 0. The molecule has 33 heavy (non-hydrogen) atoms. The first-order valence-corrected chi connectivity index (χ1v) is 13.0. The molecular weight excluding hydrogens is 463 g/mol. The lowest BCUT2D eigenvalue weighted by Crippen LogP contribution is -1.90. The summed E-state index contributed by atoms with van der Waals surface area (Å²) in [6, 6.07) is 25.3. The lowest BCUT2D eigenvalue weighted by Gasteiger charge is -2.12. The third kappa shape index (κ3) is 6.02. The predicted octanol–water partition coefficient (Wildman–Crippen LogP) is 7.81. The maximum absolute atomic E-state index is 6.01. The number of nitrogen functional groups attached to an aromatic ring is 3. The lowest BCUT2D eigenvalue weighted by molar-refractivity contribution is 1.21. The van der Waals surface area contributed by atoms with Crippen LogP contribution in [0.1, 0.15) is 16.7 Å². The van der Waals surface area contributed by atoms with Crippen molar-refractivity contribution in [1.29, 1.82) is 0 Å². The summed E-state index contributed by atoms with van der Waals surface area (Å²) in [6.45, 7) is 6.12. The Bertz CT molecular complexity index is 1150. The number of hydrogen-bond acceptors (Lipinski definition) is 6. The SMILES string of the molecule is Cc1cc(Sc2cc(Sc3ccc(N)c(C)c3)cc(Sc3ccc(N)c(C)c3)c2)ccc1N. The second-order valence-corrected chi connectivity index (χ2v) is 11.4. The van der Waals surface area contributed by atoms with E-state index in [9.17, 15) is 0 Å². The zero-order valence-corrected chi connectivity index (χ0v) is 21.3. The summed E-state index contributed by atoms with van der Waals surface area (Å²) in [4.78, 5) is 7.08. The van der Waals surface area contributed by atoms with E-state index >= 15 is 0 Å². The molecule has 0 aromatic heterocycles. The normalized spacial score (nSPS) is 11.0. The predicted molar refractivity (Wildman–Crippen MR) is 146 cm³/mol. The maximum Gasteiger partial charge on any atom is 0.0344 e. The smallest absolute Gasteiger partial charge is 0.0344 e. The molecule has 0 fully saturated rings. The van der Waals surface area contributed by atoms with E-state index in [0.29, 0.717) is 0 Å². The first-order valence-electron chi connectivity index (χ1n) is 10.5. The van der Waals surface area contributed by atoms with Gasteiger partial charge in [-0.15, -0.1) is 0 Å². The van der Waals surface area contributed by atoms with Crippen LogP contribution < -0.4 is 17.2 Å². The summed E-state index contributed by atoms with van der Waals surface area (Å²) < 4.78 is 0. The van der Waals surface area contributed by atoms with Crippen LogP contribution in [0.25, 0.3) is 0 Å². The summed E-state index contributed by atoms with van der Waals surface area (Å²) in [5.74, 6) is 0. The molecule has 6 heteroatoms. The van der Waals surface area contributed by atoms with E-state index < -0.39 is 0 Å². The van der Waals surface area contributed by atoms with Crippen molar-refractivity contribution in [2.24, 2.45) is 0 Å². The zero-order valence-electron chi connectivity index (χ0n) is 18.9. The van der Waals surface area contributed by atoms with Gasteiger partial charge in [-0.25, -0.2) is 0 Å². The summed E-state index contributed by atoms with van der Waals surface area (Å²) >= 11 is 5.25. The molecule has 4 aromatic carbocycles. The van der Waals surface area contributed by atoms with Gasteiger partial charge >= 0.3 is 0 Å². The van der Waals surface area contributed by atoms with E-state index in [1.807, 2.05) is 39.0 Å². The molecule has 0 atom stereocenters. The van der Waals surface area contributed by atoms with Crippen molar-refractivity contribution < 1.29 is 0 Å². The van der Waals surface area contributed by atoms with Crippen LogP contribution >= 0.6 is 35.3 Å². The molecule has 4 rings (SSSR count). The average molecular weight is 490 g/mol. The summed E-state index contributed by atoms with van der Waals surface area (Å²) in [5.41, 5.74) is 23.8. The number of hydrogen-bond donors (Lipinski definition) is 3. The molecular formula is C27H27N3S3. The molecule has 0 radical (unpaired) electrons. The van der Waals surface area contributed by atoms with Crippen LogP contribution in [0, 0.1) is 20.8 Å². The lowest BCUT2D eigenvalue weighted by atomic mass is 10.2. The van der Waals surface area contributed by atoms with Gasteiger partial charge in [0, 0.05) is 46.4 Å². The van der Waals surface area contributed by atoms with Gasteiger partial charge in [-0.3, -0.25) is 0 Å². The van der Waals surface area contributed by atoms with Crippen molar-refractivity contribution in [3.05, 3.63) is 89.5 Å². The maximum atomic E-state index is 6.01. The fourth-order valence-electron chi connectivity index (χ4n) is 3.27. The van der Waals surface area contributed by atoms with Crippen molar-refractivity contribution in [3.63, 3.8) is 0 Å². The highest BCUT2D eigenvalue weighted by Gasteiger charge is 2.09. The van der Waals surface area contributed by atoms with Gasteiger partial charge in [0.1, 0.15) is 0 Å². The Labute approximate surface area is 208 Å². The number of nitrogens with two attached hydrogens (primary N) is 3. The van der Waals surface area contributed by atoms with Crippen molar-refractivity contribution in [3.8, 4) is 0 Å². The second kappa shape index (κ2) is 10.1. The van der Waals surface area contributed by atoms with Gasteiger partial charge in [0.05, 0.1) is 0 Å². The largest absolute Gasteiger partial charge is 0.399 e. The van der Waals surface area contributed by atoms with Crippen molar-refractivity contribution in [2.45, 2.75) is 50.1 Å². The minimum atomic E-state index is 0.817. The van der Waals surface area contributed by atoms with Crippen LogP contribution in [0.4, 0.5) is 17.1 Å². The Morgan fingerprint density at radius 3 is 0.909 bits per heavy atom. The molecule has 4 aromatic rings. The minimum Gasteiger partial charge on any atom is -0.399 e. The molecule has 0 saturated carbocycles. The highest BCUT2D eigenvalue weighted by atomic mass is 32.2. The first-order chi connectivity index (χ1) is 15.8. The summed E-state index contributed by atoms with van der Waals surface area (Å²) in [5, 5.41) is 0. The van der Waals surface area contributed by atoms with Gasteiger partial charge in [-0.05, 0) is 110 Å². The topological polar surface area (TPSA) is 78.1 Å². The summed E-state index contributed by atoms with van der Waals surface area (Å²) in [7, 11) is 0. The Kier molecular flexibility index (Phi) is 7.17. The van der Waals surface area contributed by atoms with Gasteiger partial charge in [0.15, 0.2) is 0 Å². The van der Waals surface area contributed by atoms with Crippen LogP contribution in [0.2, 0.25) is 0 Å². The van der Waals surface area contributed by atoms with E-state index in [2.05, 4.69) is 54.6 Å². The second-order valence-electron chi connectivity index (χ2n) is 8.00. The van der Waals surface area contributed by atoms with Crippen molar-refractivity contribution in [2.75, 3.05) is 17.2 Å². The standard InChI is InChI=1S/C27H27N3S3/c1-16-10-19(4-7-25(16)28)31-22-13-23(32-20-5-8-26(29)17(2)11-20)15-24(14-22)33-21-6-9-27(30)18(3)12-21/h4-15H,28-30H2,1-3H3. The fraction of sp³-hybridized carbons (Fsp3) is 0.111. The molecule has 168 valence electrons. The molecule has 0 unspecified atom stereocenters. The first kappa shape index (κ1) is 23.5. The molecule has 0 amide bonds. The molecule has 0 aliphatic rings. The fourth-order valence-corrected chi connectivity index (χ4v) is 6.54. The van der Waals surface area contributed by atoms with Gasteiger partial charge < -0.3 is 17.2 Å². The molecule has 0 aliphatic heterocycles. The quantitative estimate of drug-likeness (QED) is 0.240. The molecule has 0 spiro atoms. The monoisotopic (exact) mass is 489 g/mol. The van der Waals surface area contributed by atoms with E-state index in [1.54, 1.807) is 35.3 Å². The Morgan fingerprint density at radius 2 is 0.667 bits per heavy atom. The van der Waals surface area contributed by atoms with Crippen LogP contribution in [-0.4, -0.2) is 0 Å². The third-order valence-electron chi connectivity index (χ3n) is 5.28. The van der Waals surface area contributed by atoms with E-state index in [4.69, 9.17) is 17.2 Å². The minimum absolute atomic E-state index is 0.817. The Balaban J connectivity index is 1.68. The average Bonchev–Trinajstić information content (AvgIpc) is 2.76. The van der Waals surface area contributed by atoms with Gasteiger partial charge in [0.2, 0.25) is 0 Å². The number of benzene rings is 4. The van der Waals surface area contributed by atoms with Crippen LogP contribution in [0.5, 0.6) is 0 Å². The van der Waals surface area contributed by atoms with Gasteiger partial charge in [-0.2, -0.15) is 0 Å². The highest BCUT2D eigenvalue weighted by molar-refractivity contribution is 8.01. The van der Waals surface area contributed by atoms with Crippen molar-refractivity contribution in [1.82, 2.24) is 0 Å². The zero-order chi connectivity index (χ0) is 23.5. The Morgan fingerprint density at radius 1 is 0.394 bits per heavy atom. The Hall–Kier alpha value is -2.67. The molecule has 0 bridgehead atoms. The number of aryl methyl sites for hydroxylation is 3. The van der Waals surface area contributed by atoms with E-state index in [1.165, 1.54) is 29.4 Å². The molecule has 0 saturated heterocycles. The molecule has 6 N–H and O–H groups in total. The highest BCUT2D eigenvalue weighted by Crippen LogP contribution is 2.40. The van der Waals surface area contributed by atoms with Crippen LogP contribution in [0.3, 0.4) is 0 Å². The van der Waals surface area contributed by atoms with Gasteiger partial charge in [-0.1, -0.05) is 35.3 Å². The van der Waals surface area contributed by atoms with Crippen LogP contribution in [0.15, 0.2) is 102 Å². The number of anilines is 3. The molecule has 0 heterocycles. The molecule has 3 nitrogen and oxygen atoms in total. The van der Waals surface area contributed by atoms with Gasteiger partial charge in [0.25, 0.3) is 0 Å².